The molecular weight excluding hydrogens is 444 g/mol. The number of hydrogen-bond donors (Lipinski definition) is 1. The van der Waals surface area contributed by atoms with Gasteiger partial charge < -0.3 is 19.4 Å². The van der Waals surface area contributed by atoms with Gasteiger partial charge in [0.25, 0.3) is 5.56 Å². The zero-order chi connectivity index (χ0) is 25.5. The van der Waals surface area contributed by atoms with Crippen LogP contribution in [-0.4, -0.2) is 68.6 Å². The van der Waals surface area contributed by atoms with E-state index in [9.17, 15) is 9.59 Å². The summed E-state index contributed by atoms with van der Waals surface area (Å²) in [5.74, 6) is 0.262. The molecule has 2 saturated heterocycles. The minimum Gasteiger partial charge on any atom is -0.384 e. The molecule has 1 aromatic heterocycles. The van der Waals surface area contributed by atoms with Crippen molar-refractivity contribution in [1.29, 1.82) is 0 Å². The second-order valence-electron chi connectivity index (χ2n) is 9.74. The number of rotatable bonds is 10. The second-order valence-corrected chi connectivity index (χ2v) is 9.74. The largest absolute Gasteiger partial charge is 0.384 e. The van der Waals surface area contributed by atoms with E-state index in [0.717, 1.165) is 73.5 Å². The summed E-state index contributed by atoms with van der Waals surface area (Å²) in [6.45, 7) is 15.4. The number of H-pyrrole nitrogens is 1. The summed E-state index contributed by atoms with van der Waals surface area (Å²) in [6, 6.07) is 0.136. The molecule has 0 saturated carbocycles. The van der Waals surface area contributed by atoms with Crippen LogP contribution in [0.5, 0.6) is 0 Å². The molecule has 2 unspecified atom stereocenters. The van der Waals surface area contributed by atoms with Crippen LogP contribution in [0.3, 0.4) is 0 Å². The minimum atomic E-state index is -0.270. The molecule has 8 heteroatoms. The van der Waals surface area contributed by atoms with Crippen molar-refractivity contribution in [2.45, 2.75) is 65.8 Å². The van der Waals surface area contributed by atoms with E-state index in [-0.39, 0.29) is 23.4 Å². The van der Waals surface area contributed by atoms with E-state index >= 15 is 0 Å². The Morgan fingerprint density at radius 2 is 2.00 bits per heavy atom. The Kier molecular flexibility index (Phi) is 9.69. The van der Waals surface area contributed by atoms with E-state index in [0.29, 0.717) is 25.6 Å². The molecule has 0 bridgehead atoms. The highest BCUT2D eigenvalue weighted by molar-refractivity contribution is 5.83. The van der Waals surface area contributed by atoms with E-state index in [1.165, 1.54) is 0 Å². The predicted octanol–water partition coefficient (Wildman–Crippen LogP) is 3.64. The lowest BCUT2D eigenvalue weighted by atomic mass is 9.93. The molecular formula is C27H42N4O4. The number of nitrogens with one attached hydrogen (secondary N) is 1. The van der Waals surface area contributed by atoms with Gasteiger partial charge in [0.2, 0.25) is 5.91 Å². The first-order valence-electron chi connectivity index (χ1n) is 12.9. The maximum Gasteiger partial charge on any atom is 0.253 e. The third-order valence-corrected chi connectivity index (χ3v) is 7.37. The number of carbonyl (C=O) groups is 1. The normalized spacial score (nSPS) is 20.2. The summed E-state index contributed by atoms with van der Waals surface area (Å²) in [4.78, 5) is 31.2. The van der Waals surface area contributed by atoms with Gasteiger partial charge in [-0.15, -0.1) is 0 Å². The molecule has 3 heterocycles. The molecule has 2 atom stereocenters. The number of ether oxygens (including phenoxy) is 2. The second kappa shape index (κ2) is 12.5. The molecule has 2 aliphatic rings. The summed E-state index contributed by atoms with van der Waals surface area (Å²) in [5.41, 5.74) is 4.18. The van der Waals surface area contributed by atoms with Crippen molar-refractivity contribution < 1.29 is 14.3 Å². The molecule has 1 N–H and O–H groups in total. The number of anilines is 1. The van der Waals surface area contributed by atoms with Crippen LogP contribution in [0.25, 0.3) is 6.08 Å². The van der Waals surface area contributed by atoms with Crippen LogP contribution in [0.4, 0.5) is 5.69 Å². The summed E-state index contributed by atoms with van der Waals surface area (Å²) in [6.07, 6.45) is 6.02. The molecule has 1 aromatic rings. The fraction of sp³-hybridized carbons (Fsp3) is 0.667. The number of methoxy groups -OCH3 is 1. The number of hydrazone groups is 1. The zero-order valence-electron chi connectivity index (χ0n) is 22.1. The molecule has 35 heavy (non-hydrogen) atoms. The van der Waals surface area contributed by atoms with Crippen molar-refractivity contribution in [2.75, 3.05) is 45.0 Å². The van der Waals surface area contributed by atoms with Gasteiger partial charge in [0.15, 0.2) is 0 Å². The van der Waals surface area contributed by atoms with Gasteiger partial charge in [-0.1, -0.05) is 19.4 Å². The number of hydrogen-bond acceptors (Lipinski definition) is 6. The fourth-order valence-electron chi connectivity index (χ4n) is 5.19. The number of nitrogens with zero attached hydrogens (tertiary/aromatic N) is 3. The number of aromatic nitrogens is 1. The summed E-state index contributed by atoms with van der Waals surface area (Å²) in [7, 11) is 1.69. The Hall–Kier alpha value is -2.45. The average molecular weight is 487 g/mol. The summed E-state index contributed by atoms with van der Waals surface area (Å²) >= 11 is 0. The SMILES string of the molecule is C=NN(c1c(CC)c(/C=C(/C)C(C)C(=O)N2CC(COC)C2)[nH]c(=O)c1CC)C1CCCOCC1. The number of likely N-dealkylation sites (tertiary alicyclic amines) is 1. The Bertz CT molecular complexity index is 972. The lowest BCUT2D eigenvalue weighted by Crippen LogP contribution is -2.53. The summed E-state index contributed by atoms with van der Waals surface area (Å²) in [5, 5.41) is 6.37. The number of pyridine rings is 1. The Balaban J connectivity index is 1.95. The Morgan fingerprint density at radius 1 is 1.29 bits per heavy atom. The van der Waals surface area contributed by atoms with E-state index in [2.05, 4.69) is 23.7 Å². The smallest absolute Gasteiger partial charge is 0.253 e. The maximum absolute atomic E-state index is 13.2. The number of amides is 1. The third kappa shape index (κ3) is 6.04. The van der Waals surface area contributed by atoms with E-state index in [1.54, 1.807) is 7.11 Å². The van der Waals surface area contributed by atoms with Gasteiger partial charge >= 0.3 is 0 Å². The topological polar surface area (TPSA) is 87.2 Å². The first-order chi connectivity index (χ1) is 16.9. The highest BCUT2D eigenvalue weighted by Crippen LogP contribution is 2.33. The van der Waals surface area contributed by atoms with Crippen LogP contribution in [0.15, 0.2) is 15.5 Å². The van der Waals surface area contributed by atoms with Gasteiger partial charge in [0.05, 0.1) is 24.3 Å². The first kappa shape index (κ1) is 27.1. The lowest BCUT2D eigenvalue weighted by molar-refractivity contribution is -0.141. The van der Waals surface area contributed by atoms with Gasteiger partial charge in [0.1, 0.15) is 0 Å². The fourth-order valence-corrected chi connectivity index (χ4v) is 5.19. The van der Waals surface area contributed by atoms with Crippen LogP contribution < -0.4 is 10.6 Å². The predicted molar refractivity (Wildman–Crippen MR) is 141 cm³/mol. The minimum absolute atomic E-state index is 0.110. The molecule has 2 aliphatic heterocycles. The van der Waals surface area contributed by atoms with Crippen LogP contribution in [0, 0.1) is 11.8 Å². The lowest BCUT2D eigenvalue weighted by Gasteiger charge is -2.40. The molecule has 0 aromatic carbocycles. The van der Waals surface area contributed by atoms with Gasteiger partial charge in [-0.3, -0.25) is 14.6 Å². The van der Waals surface area contributed by atoms with Gasteiger partial charge in [-0.2, -0.15) is 5.10 Å². The van der Waals surface area contributed by atoms with Crippen LogP contribution in [-0.2, 0) is 27.1 Å². The molecule has 8 nitrogen and oxygen atoms in total. The van der Waals surface area contributed by atoms with Crippen molar-refractivity contribution in [3.8, 4) is 0 Å². The highest BCUT2D eigenvalue weighted by atomic mass is 16.5. The molecule has 194 valence electrons. The van der Waals surface area contributed by atoms with Crippen molar-refractivity contribution in [2.24, 2.45) is 16.9 Å². The van der Waals surface area contributed by atoms with Crippen LogP contribution in [0.1, 0.15) is 63.8 Å². The summed E-state index contributed by atoms with van der Waals surface area (Å²) < 4.78 is 10.9. The molecule has 3 rings (SSSR count). The third-order valence-electron chi connectivity index (χ3n) is 7.37. The molecule has 0 spiro atoms. The van der Waals surface area contributed by atoms with Crippen molar-refractivity contribution in [3.05, 3.63) is 32.7 Å². The average Bonchev–Trinajstić information content (AvgIpc) is 3.10. The van der Waals surface area contributed by atoms with Crippen LogP contribution in [0.2, 0.25) is 0 Å². The number of carbonyl (C=O) groups excluding carboxylic acids is 1. The van der Waals surface area contributed by atoms with Crippen LogP contribution >= 0.6 is 0 Å². The van der Waals surface area contributed by atoms with Crippen molar-refractivity contribution >= 4 is 24.4 Å². The standard InChI is InChI=1S/C27H42N4O4/c1-7-22-24(14-18(3)19(4)27(33)30-15-20(16-30)17-34-6)29-26(32)23(8-2)25(22)31(28-5)21-10-9-12-35-13-11-21/h14,19-21H,5,7-13,15-17H2,1-4,6H3,(H,29,32)/b18-14-. The van der Waals surface area contributed by atoms with Gasteiger partial charge in [-0.25, -0.2) is 0 Å². The Morgan fingerprint density at radius 3 is 2.63 bits per heavy atom. The highest BCUT2D eigenvalue weighted by Gasteiger charge is 2.33. The quantitative estimate of drug-likeness (QED) is 0.403. The monoisotopic (exact) mass is 486 g/mol. The van der Waals surface area contributed by atoms with Gasteiger partial charge in [0, 0.05) is 62.9 Å². The molecule has 0 aliphatic carbocycles. The molecule has 0 radical (unpaired) electrons. The van der Waals surface area contributed by atoms with E-state index in [4.69, 9.17) is 9.47 Å². The number of aromatic amines is 1. The van der Waals surface area contributed by atoms with E-state index in [1.807, 2.05) is 36.8 Å². The van der Waals surface area contributed by atoms with Gasteiger partial charge in [-0.05, 0) is 52.0 Å². The Labute approximate surface area is 209 Å². The molecule has 1 amide bonds. The van der Waals surface area contributed by atoms with Crippen molar-refractivity contribution in [3.63, 3.8) is 0 Å². The maximum atomic E-state index is 13.2. The molecule has 2 fully saturated rings. The van der Waals surface area contributed by atoms with E-state index < -0.39 is 0 Å². The first-order valence-corrected chi connectivity index (χ1v) is 12.9. The zero-order valence-corrected chi connectivity index (χ0v) is 22.1. The van der Waals surface area contributed by atoms with Crippen molar-refractivity contribution in [1.82, 2.24) is 9.88 Å².